The summed E-state index contributed by atoms with van der Waals surface area (Å²) in [5.74, 6) is -3.86. The van der Waals surface area contributed by atoms with Crippen LogP contribution in [0.5, 0.6) is 0 Å². The first kappa shape index (κ1) is 19.5. The van der Waals surface area contributed by atoms with Crippen molar-refractivity contribution in [1.29, 1.82) is 0 Å². The van der Waals surface area contributed by atoms with Crippen molar-refractivity contribution in [2.45, 2.75) is 6.18 Å². The number of benzene rings is 1. The van der Waals surface area contributed by atoms with E-state index >= 15 is 0 Å². The van der Waals surface area contributed by atoms with Crippen LogP contribution in [-0.4, -0.2) is 43.7 Å². The molecule has 0 bridgehead atoms. The topological polar surface area (TPSA) is 128 Å². The van der Waals surface area contributed by atoms with Gasteiger partial charge in [0.15, 0.2) is 11.5 Å². The number of H-pyrrole nitrogens is 1. The first-order valence-corrected chi connectivity index (χ1v) is 6.44. The molecule has 0 aliphatic carbocycles. The molecule has 0 unspecified atom stereocenters. The van der Waals surface area contributed by atoms with Gasteiger partial charge in [-0.2, -0.15) is 13.2 Å². The van der Waals surface area contributed by atoms with E-state index in [0.717, 1.165) is 0 Å². The third-order valence-corrected chi connectivity index (χ3v) is 2.75. The smallest absolute Gasteiger partial charge is 0.476 e. The zero-order chi connectivity index (χ0) is 18.5. The molecule has 130 valence electrons. The highest BCUT2D eigenvalue weighted by Crippen LogP contribution is 2.28. The third kappa shape index (κ3) is 5.59. The van der Waals surface area contributed by atoms with Gasteiger partial charge in [-0.3, -0.25) is 0 Å². The zero-order valence-corrected chi connectivity index (χ0v) is 12.7. The molecule has 0 saturated carbocycles. The fourth-order valence-electron chi connectivity index (χ4n) is 1.19. The summed E-state index contributed by atoms with van der Waals surface area (Å²) in [7, 11) is 0. The lowest BCUT2D eigenvalue weighted by molar-refractivity contribution is -0.192. The highest BCUT2D eigenvalue weighted by Gasteiger charge is 2.38. The van der Waals surface area contributed by atoms with Gasteiger partial charge in [0, 0.05) is 5.02 Å². The minimum Gasteiger partial charge on any atom is -0.476 e. The number of rotatable bonds is 3. The Bertz CT molecular complexity index is 751. The average Bonchev–Trinajstić information content (AvgIpc) is 2.91. The second-order valence-corrected chi connectivity index (χ2v) is 4.74. The lowest BCUT2D eigenvalue weighted by Gasteiger charge is -2.06. The van der Waals surface area contributed by atoms with Crippen molar-refractivity contribution >= 4 is 46.6 Å². The van der Waals surface area contributed by atoms with Gasteiger partial charge in [0.25, 0.3) is 0 Å². The Morgan fingerprint density at radius 2 is 1.79 bits per heavy atom. The standard InChI is InChI=1S/C9H6Cl2N4O2.C2HF3O2/c10-4-1-2-5(11)6(3-4)12-8-7(9(16)17)13-15-14-8;3-2(4,5)1(6)7/h1-3H,(H,16,17)(H2,12,13,14,15);(H,6,7). The van der Waals surface area contributed by atoms with Gasteiger partial charge in [-0.05, 0) is 18.2 Å². The number of anilines is 2. The number of nitrogens with one attached hydrogen (secondary N) is 2. The third-order valence-electron chi connectivity index (χ3n) is 2.19. The summed E-state index contributed by atoms with van der Waals surface area (Å²) in [5.41, 5.74) is 0.302. The first-order valence-electron chi connectivity index (χ1n) is 5.69. The highest BCUT2D eigenvalue weighted by atomic mass is 35.5. The van der Waals surface area contributed by atoms with Crippen molar-refractivity contribution in [3.05, 3.63) is 33.9 Å². The summed E-state index contributed by atoms with van der Waals surface area (Å²) < 4.78 is 31.7. The Morgan fingerprint density at radius 3 is 2.29 bits per heavy atom. The van der Waals surface area contributed by atoms with Crippen LogP contribution in [0.1, 0.15) is 10.5 Å². The van der Waals surface area contributed by atoms with E-state index in [1.54, 1.807) is 18.2 Å². The van der Waals surface area contributed by atoms with Crippen LogP contribution in [0.2, 0.25) is 10.0 Å². The number of aliphatic carboxylic acids is 1. The maximum absolute atomic E-state index is 10.8. The number of nitrogens with zero attached hydrogens (tertiary/aromatic N) is 2. The van der Waals surface area contributed by atoms with Gasteiger partial charge < -0.3 is 15.5 Å². The number of carboxylic acids is 2. The molecule has 2 rings (SSSR count). The van der Waals surface area contributed by atoms with Gasteiger partial charge in [0.05, 0.1) is 10.7 Å². The van der Waals surface area contributed by atoms with Crippen LogP contribution < -0.4 is 5.32 Å². The van der Waals surface area contributed by atoms with Gasteiger partial charge in [0.1, 0.15) is 0 Å². The van der Waals surface area contributed by atoms with Crippen molar-refractivity contribution in [1.82, 2.24) is 15.4 Å². The van der Waals surface area contributed by atoms with E-state index in [0.29, 0.717) is 15.7 Å². The maximum Gasteiger partial charge on any atom is 0.490 e. The van der Waals surface area contributed by atoms with Crippen molar-refractivity contribution in [2.24, 2.45) is 0 Å². The highest BCUT2D eigenvalue weighted by molar-refractivity contribution is 6.35. The van der Waals surface area contributed by atoms with E-state index in [1.165, 1.54) is 0 Å². The molecule has 1 aromatic heterocycles. The summed E-state index contributed by atoms with van der Waals surface area (Å²) in [6.45, 7) is 0. The fourth-order valence-corrected chi connectivity index (χ4v) is 1.52. The minimum absolute atomic E-state index is 0.0710. The van der Waals surface area contributed by atoms with E-state index < -0.39 is 18.1 Å². The second-order valence-electron chi connectivity index (χ2n) is 3.89. The van der Waals surface area contributed by atoms with Crippen LogP contribution in [-0.2, 0) is 4.79 Å². The predicted octanol–water partition coefficient (Wildman–Crippen LogP) is 3.19. The van der Waals surface area contributed by atoms with Gasteiger partial charge in [-0.25, -0.2) is 14.7 Å². The Kier molecular flexibility index (Phi) is 6.37. The van der Waals surface area contributed by atoms with Gasteiger partial charge in [0.2, 0.25) is 0 Å². The molecular formula is C11H7Cl2F3N4O4. The normalized spacial score (nSPS) is 10.5. The molecule has 2 aromatic rings. The largest absolute Gasteiger partial charge is 0.490 e. The number of hydrogen-bond donors (Lipinski definition) is 4. The van der Waals surface area contributed by atoms with Gasteiger partial charge in [-0.15, -0.1) is 5.10 Å². The van der Waals surface area contributed by atoms with Crippen molar-refractivity contribution in [3.63, 3.8) is 0 Å². The van der Waals surface area contributed by atoms with E-state index in [2.05, 4.69) is 20.7 Å². The quantitative estimate of drug-likeness (QED) is 0.637. The Labute approximate surface area is 141 Å². The number of alkyl halides is 3. The summed E-state index contributed by atoms with van der Waals surface area (Å²) in [6.07, 6.45) is -5.08. The number of aromatic carboxylic acids is 1. The molecular weight excluding hydrogens is 380 g/mol. The van der Waals surface area contributed by atoms with Crippen LogP contribution in [0.15, 0.2) is 18.2 Å². The van der Waals surface area contributed by atoms with E-state index in [1.807, 2.05) is 0 Å². The predicted molar refractivity (Wildman–Crippen MR) is 76.8 cm³/mol. The Balaban J connectivity index is 0.000000351. The Hall–Kier alpha value is -2.53. The van der Waals surface area contributed by atoms with Gasteiger partial charge in [-0.1, -0.05) is 28.4 Å². The van der Waals surface area contributed by atoms with Crippen LogP contribution >= 0.6 is 23.2 Å². The van der Waals surface area contributed by atoms with Crippen molar-refractivity contribution < 1.29 is 33.0 Å². The monoisotopic (exact) mass is 386 g/mol. The van der Waals surface area contributed by atoms with Crippen LogP contribution in [0.4, 0.5) is 24.7 Å². The minimum atomic E-state index is -5.08. The molecule has 0 aliphatic rings. The summed E-state index contributed by atoms with van der Waals surface area (Å²) in [6, 6.07) is 4.77. The number of carbonyl (C=O) groups is 2. The maximum atomic E-state index is 10.8. The molecule has 0 spiro atoms. The van der Waals surface area contributed by atoms with Crippen molar-refractivity contribution in [3.8, 4) is 0 Å². The molecule has 0 fully saturated rings. The summed E-state index contributed by atoms with van der Waals surface area (Å²) in [5, 5.41) is 28.8. The van der Waals surface area contributed by atoms with Crippen molar-refractivity contribution in [2.75, 3.05) is 5.32 Å². The molecule has 0 atom stereocenters. The Morgan fingerprint density at radius 1 is 1.21 bits per heavy atom. The molecule has 0 aliphatic heterocycles. The van der Waals surface area contributed by atoms with Crippen LogP contribution in [0, 0.1) is 0 Å². The van der Waals surface area contributed by atoms with Crippen LogP contribution in [0.3, 0.4) is 0 Å². The number of carboxylic acid groups (broad SMARTS) is 2. The molecule has 4 N–H and O–H groups in total. The lowest BCUT2D eigenvalue weighted by atomic mass is 10.3. The fraction of sp³-hybridized carbons (Fsp3) is 0.0909. The van der Waals surface area contributed by atoms with E-state index in [4.69, 9.17) is 38.2 Å². The molecule has 8 nitrogen and oxygen atoms in total. The molecule has 0 saturated heterocycles. The molecule has 1 heterocycles. The summed E-state index contributed by atoms with van der Waals surface area (Å²) >= 11 is 11.7. The zero-order valence-electron chi connectivity index (χ0n) is 11.2. The SMILES string of the molecule is O=C(O)C(F)(F)F.O=C(O)c1[nH]nnc1Nc1cc(Cl)ccc1Cl. The lowest BCUT2D eigenvalue weighted by Crippen LogP contribution is -2.21. The molecule has 0 amide bonds. The van der Waals surface area contributed by atoms with Crippen LogP contribution in [0.25, 0.3) is 0 Å². The van der Waals surface area contributed by atoms with Gasteiger partial charge >= 0.3 is 18.1 Å². The first-order chi connectivity index (χ1) is 11.0. The molecule has 1 aromatic carbocycles. The van der Waals surface area contributed by atoms with E-state index in [9.17, 15) is 18.0 Å². The number of halogens is 5. The molecule has 0 radical (unpaired) electrons. The summed E-state index contributed by atoms with van der Waals surface area (Å²) in [4.78, 5) is 19.7. The average molecular weight is 387 g/mol. The molecule has 24 heavy (non-hydrogen) atoms. The number of aromatic nitrogens is 3. The number of hydrogen-bond acceptors (Lipinski definition) is 5. The molecule has 13 heteroatoms. The van der Waals surface area contributed by atoms with E-state index in [-0.39, 0.29) is 11.5 Å². The second kappa shape index (κ2) is 7.84. The number of aromatic amines is 1.